The Morgan fingerprint density at radius 3 is 2.56 bits per heavy atom. The van der Waals surface area contributed by atoms with E-state index in [0.717, 1.165) is 42.3 Å². The van der Waals surface area contributed by atoms with Crippen LogP contribution < -0.4 is 4.90 Å². The molecule has 0 unspecified atom stereocenters. The van der Waals surface area contributed by atoms with E-state index >= 15 is 0 Å². The summed E-state index contributed by atoms with van der Waals surface area (Å²) < 4.78 is 0. The minimum atomic E-state index is 0.773. The van der Waals surface area contributed by atoms with E-state index in [-0.39, 0.29) is 0 Å². The van der Waals surface area contributed by atoms with Gasteiger partial charge in [-0.25, -0.2) is 4.98 Å². The molecule has 2 saturated heterocycles. The van der Waals surface area contributed by atoms with Gasteiger partial charge in [0.25, 0.3) is 0 Å². The molecule has 0 aromatic carbocycles. The van der Waals surface area contributed by atoms with Gasteiger partial charge >= 0.3 is 0 Å². The Morgan fingerprint density at radius 1 is 1.00 bits per heavy atom. The third-order valence-corrected chi connectivity index (χ3v) is 5.99. The second-order valence-electron chi connectivity index (χ2n) is 7.28. The van der Waals surface area contributed by atoms with Gasteiger partial charge in [0.1, 0.15) is 5.82 Å². The molecule has 0 saturated carbocycles. The topological polar surface area (TPSA) is 32.3 Å². The highest BCUT2D eigenvalue weighted by atomic mass is 35.5. The molecule has 0 aliphatic carbocycles. The number of anilines is 1. The average molecular weight is 357 g/mol. The SMILES string of the molecule is Clc1cccnc1N1CC[C@@H](C2CCN(Cc3cccnc3)CC2)C1. The van der Waals surface area contributed by atoms with Crippen molar-refractivity contribution in [2.24, 2.45) is 11.8 Å². The van der Waals surface area contributed by atoms with Crippen molar-refractivity contribution >= 4 is 17.4 Å². The molecule has 2 aromatic heterocycles. The van der Waals surface area contributed by atoms with Gasteiger partial charge in [-0.15, -0.1) is 0 Å². The van der Waals surface area contributed by atoms with Gasteiger partial charge < -0.3 is 4.90 Å². The highest BCUT2D eigenvalue weighted by Crippen LogP contribution is 2.35. The van der Waals surface area contributed by atoms with Crippen molar-refractivity contribution in [1.29, 1.82) is 0 Å². The Kier molecular flexibility index (Phi) is 5.18. The molecule has 0 amide bonds. The van der Waals surface area contributed by atoms with Crippen molar-refractivity contribution in [3.8, 4) is 0 Å². The molecule has 5 heteroatoms. The van der Waals surface area contributed by atoms with E-state index in [1.165, 1.54) is 37.9 Å². The van der Waals surface area contributed by atoms with Gasteiger partial charge in [0.2, 0.25) is 0 Å². The maximum atomic E-state index is 6.32. The van der Waals surface area contributed by atoms with Gasteiger partial charge in [0.15, 0.2) is 0 Å². The first-order valence-electron chi connectivity index (χ1n) is 9.26. The molecule has 0 radical (unpaired) electrons. The average Bonchev–Trinajstić information content (AvgIpc) is 3.13. The van der Waals surface area contributed by atoms with E-state index in [1.54, 1.807) is 0 Å². The molecular weight excluding hydrogens is 332 g/mol. The van der Waals surface area contributed by atoms with Gasteiger partial charge in [0.05, 0.1) is 5.02 Å². The minimum Gasteiger partial charge on any atom is -0.355 e. The predicted molar refractivity (Wildman–Crippen MR) is 102 cm³/mol. The number of likely N-dealkylation sites (tertiary alicyclic amines) is 1. The summed E-state index contributed by atoms with van der Waals surface area (Å²) in [4.78, 5) is 13.6. The van der Waals surface area contributed by atoms with Crippen LogP contribution in [0.1, 0.15) is 24.8 Å². The number of hydrogen-bond donors (Lipinski definition) is 0. The van der Waals surface area contributed by atoms with Crippen molar-refractivity contribution in [1.82, 2.24) is 14.9 Å². The summed E-state index contributed by atoms with van der Waals surface area (Å²) in [7, 11) is 0. The van der Waals surface area contributed by atoms with Crippen LogP contribution in [0.25, 0.3) is 0 Å². The molecule has 2 aliphatic rings. The van der Waals surface area contributed by atoms with Crippen LogP contribution in [0.15, 0.2) is 42.9 Å². The largest absolute Gasteiger partial charge is 0.355 e. The van der Waals surface area contributed by atoms with Gasteiger partial charge in [-0.1, -0.05) is 17.7 Å². The lowest BCUT2D eigenvalue weighted by Gasteiger charge is -2.34. The molecule has 4 nitrogen and oxygen atoms in total. The van der Waals surface area contributed by atoms with Gasteiger partial charge in [0, 0.05) is 38.2 Å². The van der Waals surface area contributed by atoms with Gasteiger partial charge in [-0.05, 0) is 68.0 Å². The van der Waals surface area contributed by atoms with Crippen molar-refractivity contribution in [2.45, 2.75) is 25.8 Å². The third kappa shape index (κ3) is 3.96. The van der Waals surface area contributed by atoms with E-state index in [9.17, 15) is 0 Å². The molecule has 25 heavy (non-hydrogen) atoms. The standard InChI is InChI=1S/C20H25ClN4/c21-19-4-2-9-23-20(19)25-12-7-18(15-25)17-5-10-24(11-6-17)14-16-3-1-8-22-13-16/h1-4,8-9,13,17-18H,5-7,10-12,14-15H2/t18-/m1/s1. The Hall–Kier alpha value is -1.65. The first-order valence-corrected chi connectivity index (χ1v) is 9.64. The maximum Gasteiger partial charge on any atom is 0.147 e. The summed E-state index contributed by atoms with van der Waals surface area (Å²) in [5.74, 6) is 2.57. The zero-order chi connectivity index (χ0) is 17.1. The van der Waals surface area contributed by atoms with Crippen LogP contribution in [0.2, 0.25) is 5.02 Å². The molecule has 4 heterocycles. The number of aromatic nitrogens is 2. The lowest BCUT2D eigenvalue weighted by molar-refractivity contribution is 0.147. The molecule has 1 atom stereocenters. The molecular formula is C20H25ClN4. The lowest BCUT2D eigenvalue weighted by atomic mass is 9.83. The predicted octanol–water partition coefficient (Wildman–Crippen LogP) is 3.87. The molecule has 0 N–H and O–H groups in total. The Morgan fingerprint density at radius 2 is 1.80 bits per heavy atom. The number of halogens is 1. The molecule has 4 rings (SSSR count). The molecule has 2 fully saturated rings. The third-order valence-electron chi connectivity index (χ3n) is 5.69. The molecule has 0 bridgehead atoms. The summed E-state index contributed by atoms with van der Waals surface area (Å²) >= 11 is 6.32. The number of piperidine rings is 1. The van der Waals surface area contributed by atoms with Crippen LogP contribution in [0, 0.1) is 11.8 Å². The number of pyridine rings is 2. The number of nitrogens with zero attached hydrogens (tertiary/aromatic N) is 4. The molecule has 2 aromatic rings. The smallest absolute Gasteiger partial charge is 0.147 e. The number of rotatable bonds is 4. The fourth-order valence-corrected chi connectivity index (χ4v) is 4.55. The first kappa shape index (κ1) is 16.8. The summed E-state index contributed by atoms with van der Waals surface area (Å²) in [6.07, 6.45) is 9.53. The Labute approximate surface area is 154 Å². The van der Waals surface area contributed by atoms with Crippen LogP contribution in [0.5, 0.6) is 0 Å². The van der Waals surface area contributed by atoms with Crippen LogP contribution in [-0.4, -0.2) is 41.0 Å². The molecule has 132 valence electrons. The second kappa shape index (κ2) is 7.71. The fraction of sp³-hybridized carbons (Fsp3) is 0.500. The fourth-order valence-electron chi connectivity index (χ4n) is 4.31. The van der Waals surface area contributed by atoms with Crippen LogP contribution in [0.4, 0.5) is 5.82 Å². The quantitative estimate of drug-likeness (QED) is 0.832. The monoisotopic (exact) mass is 356 g/mol. The van der Waals surface area contributed by atoms with E-state index in [1.807, 2.05) is 36.8 Å². The summed E-state index contributed by atoms with van der Waals surface area (Å²) in [6, 6.07) is 8.04. The zero-order valence-electron chi connectivity index (χ0n) is 14.5. The van der Waals surface area contributed by atoms with E-state index in [4.69, 9.17) is 11.6 Å². The van der Waals surface area contributed by atoms with Crippen molar-refractivity contribution in [3.05, 3.63) is 53.4 Å². The molecule has 2 aliphatic heterocycles. The molecule has 0 spiro atoms. The summed E-state index contributed by atoms with van der Waals surface area (Å²) in [6.45, 7) is 5.60. The highest BCUT2D eigenvalue weighted by Gasteiger charge is 2.32. The van der Waals surface area contributed by atoms with Crippen molar-refractivity contribution < 1.29 is 0 Å². The second-order valence-corrected chi connectivity index (χ2v) is 7.69. The lowest BCUT2D eigenvalue weighted by Crippen LogP contribution is -2.36. The van der Waals surface area contributed by atoms with Gasteiger partial charge in [-0.2, -0.15) is 0 Å². The highest BCUT2D eigenvalue weighted by molar-refractivity contribution is 6.32. The van der Waals surface area contributed by atoms with E-state index in [2.05, 4.69) is 25.8 Å². The summed E-state index contributed by atoms with van der Waals surface area (Å²) in [5, 5.41) is 0.773. The zero-order valence-corrected chi connectivity index (χ0v) is 15.3. The van der Waals surface area contributed by atoms with Crippen molar-refractivity contribution in [3.63, 3.8) is 0 Å². The van der Waals surface area contributed by atoms with Crippen molar-refractivity contribution in [2.75, 3.05) is 31.1 Å². The van der Waals surface area contributed by atoms with Crippen LogP contribution >= 0.6 is 11.6 Å². The van der Waals surface area contributed by atoms with E-state index in [0.29, 0.717) is 0 Å². The number of hydrogen-bond acceptors (Lipinski definition) is 4. The first-order chi connectivity index (χ1) is 12.3. The van der Waals surface area contributed by atoms with Crippen LogP contribution in [-0.2, 0) is 6.54 Å². The maximum absolute atomic E-state index is 6.32. The minimum absolute atomic E-state index is 0.773. The summed E-state index contributed by atoms with van der Waals surface area (Å²) in [5.41, 5.74) is 1.32. The van der Waals surface area contributed by atoms with E-state index < -0.39 is 0 Å². The van der Waals surface area contributed by atoms with Crippen LogP contribution in [0.3, 0.4) is 0 Å². The normalized spacial score (nSPS) is 22.4. The van der Waals surface area contributed by atoms with Gasteiger partial charge in [-0.3, -0.25) is 9.88 Å². The Bertz CT molecular complexity index is 685. The Balaban J connectivity index is 1.29.